The zero-order valence-corrected chi connectivity index (χ0v) is 15.1. The minimum absolute atomic E-state index is 0.00642. The lowest BCUT2D eigenvalue weighted by atomic mass is 10.1. The highest BCUT2D eigenvalue weighted by molar-refractivity contribution is 6.25. The molecule has 3 aromatic carbocycles. The minimum Gasteiger partial charge on any atom is -0.495 e. The number of methoxy groups -OCH3 is 1. The van der Waals surface area contributed by atoms with Gasteiger partial charge in [-0.05, 0) is 36.1 Å². The van der Waals surface area contributed by atoms with Crippen LogP contribution in [-0.2, 0) is 4.79 Å². The highest BCUT2D eigenvalue weighted by atomic mass is 16.5. The third-order valence-corrected chi connectivity index (χ3v) is 4.82. The lowest BCUT2D eigenvalue weighted by molar-refractivity contribution is -0.116. The minimum atomic E-state index is -0.0955. The van der Waals surface area contributed by atoms with E-state index in [-0.39, 0.29) is 11.8 Å². The van der Waals surface area contributed by atoms with E-state index in [9.17, 15) is 9.59 Å². The molecule has 0 spiro atoms. The van der Waals surface area contributed by atoms with E-state index < -0.39 is 0 Å². The summed E-state index contributed by atoms with van der Waals surface area (Å²) in [6.07, 6.45) is 0.908. The van der Waals surface area contributed by atoms with Crippen LogP contribution in [0.3, 0.4) is 0 Å². The monoisotopic (exact) mass is 360 g/mol. The number of amides is 2. The fourth-order valence-corrected chi connectivity index (χ4v) is 3.56. The summed E-state index contributed by atoms with van der Waals surface area (Å²) in [5, 5.41) is 4.94. The number of anilines is 2. The number of nitrogens with zero attached hydrogens (tertiary/aromatic N) is 1. The molecule has 3 aromatic rings. The van der Waals surface area contributed by atoms with E-state index in [1.165, 1.54) is 0 Å². The van der Waals surface area contributed by atoms with Gasteiger partial charge in [0.15, 0.2) is 0 Å². The van der Waals surface area contributed by atoms with E-state index >= 15 is 0 Å². The summed E-state index contributed by atoms with van der Waals surface area (Å²) >= 11 is 0. The Hall–Kier alpha value is -3.34. The zero-order chi connectivity index (χ0) is 18.8. The number of benzene rings is 3. The van der Waals surface area contributed by atoms with Crippen molar-refractivity contribution in [3.8, 4) is 5.75 Å². The van der Waals surface area contributed by atoms with Crippen molar-refractivity contribution >= 4 is 34.0 Å². The second kappa shape index (κ2) is 7.11. The summed E-state index contributed by atoms with van der Waals surface area (Å²) < 4.78 is 5.25. The lowest BCUT2D eigenvalue weighted by Crippen LogP contribution is -2.28. The van der Waals surface area contributed by atoms with Crippen LogP contribution in [0.15, 0.2) is 60.7 Å². The quantitative estimate of drug-likeness (QED) is 0.716. The number of rotatable bonds is 6. The van der Waals surface area contributed by atoms with E-state index in [2.05, 4.69) is 5.32 Å². The van der Waals surface area contributed by atoms with Crippen LogP contribution in [-0.4, -0.2) is 25.5 Å². The second-order valence-corrected chi connectivity index (χ2v) is 6.49. The van der Waals surface area contributed by atoms with Gasteiger partial charge >= 0.3 is 0 Å². The van der Waals surface area contributed by atoms with Crippen LogP contribution in [0.25, 0.3) is 10.8 Å². The standard InChI is InChI=1S/C22H20N2O3/c1-27-19-12-3-2-10-17(19)23-20(25)13-6-14-24-18-11-5-8-15-7-4-9-16(21(15)18)22(24)26/h2-5,7-12H,6,13-14H2,1H3,(H,23,25). The van der Waals surface area contributed by atoms with Crippen molar-refractivity contribution in [2.24, 2.45) is 0 Å². The number of carbonyl (C=O) groups is 2. The van der Waals surface area contributed by atoms with Crippen LogP contribution >= 0.6 is 0 Å². The van der Waals surface area contributed by atoms with Crippen LogP contribution < -0.4 is 15.0 Å². The molecule has 0 atom stereocenters. The highest BCUT2D eigenvalue weighted by Crippen LogP contribution is 2.37. The predicted octanol–water partition coefficient (Wildman–Crippen LogP) is 4.23. The molecule has 1 aliphatic heterocycles. The van der Waals surface area contributed by atoms with E-state index in [1.807, 2.05) is 48.5 Å². The van der Waals surface area contributed by atoms with Crippen molar-refractivity contribution in [1.29, 1.82) is 0 Å². The first-order valence-corrected chi connectivity index (χ1v) is 8.95. The van der Waals surface area contributed by atoms with Gasteiger partial charge < -0.3 is 15.0 Å². The molecular weight excluding hydrogens is 340 g/mol. The van der Waals surface area contributed by atoms with E-state index in [0.717, 1.165) is 22.0 Å². The van der Waals surface area contributed by atoms with Crippen LogP contribution in [0, 0.1) is 0 Å². The van der Waals surface area contributed by atoms with Gasteiger partial charge in [-0.25, -0.2) is 0 Å². The van der Waals surface area contributed by atoms with Gasteiger partial charge in [-0.2, -0.15) is 0 Å². The van der Waals surface area contributed by atoms with Crippen molar-refractivity contribution < 1.29 is 14.3 Å². The van der Waals surface area contributed by atoms with Gasteiger partial charge in [0.1, 0.15) is 5.75 Å². The first-order valence-electron chi connectivity index (χ1n) is 8.95. The molecule has 136 valence electrons. The Morgan fingerprint density at radius 3 is 2.63 bits per heavy atom. The molecule has 0 fully saturated rings. The fraction of sp³-hybridized carbons (Fsp3) is 0.182. The Morgan fingerprint density at radius 2 is 1.81 bits per heavy atom. The molecule has 0 radical (unpaired) electrons. The number of hydrogen-bond donors (Lipinski definition) is 1. The van der Waals surface area contributed by atoms with Gasteiger partial charge in [-0.1, -0.05) is 36.4 Å². The van der Waals surface area contributed by atoms with Crippen molar-refractivity contribution in [2.75, 3.05) is 23.9 Å². The van der Waals surface area contributed by atoms with Gasteiger partial charge in [-0.15, -0.1) is 0 Å². The summed E-state index contributed by atoms with van der Waals surface area (Å²) in [4.78, 5) is 26.8. The molecule has 1 N–H and O–H groups in total. The molecule has 0 aromatic heterocycles. The molecule has 1 heterocycles. The van der Waals surface area contributed by atoms with Gasteiger partial charge in [-0.3, -0.25) is 9.59 Å². The molecule has 27 heavy (non-hydrogen) atoms. The zero-order valence-electron chi connectivity index (χ0n) is 15.1. The fourth-order valence-electron chi connectivity index (χ4n) is 3.56. The first kappa shape index (κ1) is 17.1. The molecule has 0 aliphatic carbocycles. The van der Waals surface area contributed by atoms with Crippen molar-refractivity contribution in [3.05, 3.63) is 66.2 Å². The largest absolute Gasteiger partial charge is 0.495 e. The number of hydrogen-bond acceptors (Lipinski definition) is 3. The normalized spacial score (nSPS) is 12.5. The Balaban J connectivity index is 1.41. The molecule has 5 heteroatoms. The van der Waals surface area contributed by atoms with Gasteiger partial charge in [0, 0.05) is 23.9 Å². The van der Waals surface area contributed by atoms with E-state index in [4.69, 9.17) is 4.74 Å². The highest BCUT2D eigenvalue weighted by Gasteiger charge is 2.29. The van der Waals surface area contributed by atoms with Gasteiger partial charge in [0.05, 0.1) is 18.5 Å². The lowest BCUT2D eigenvalue weighted by Gasteiger charge is -2.17. The van der Waals surface area contributed by atoms with Crippen LogP contribution in [0.1, 0.15) is 23.2 Å². The third-order valence-electron chi connectivity index (χ3n) is 4.82. The summed E-state index contributed by atoms with van der Waals surface area (Å²) in [5.74, 6) is 0.538. The molecule has 0 unspecified atom stereocenters. The Bertz CT molecular complexity index is 1020. The van der Waals surface area contributed by atoms with E-state index in [1.54, 1.807) is 24.1 Å². The van der Waals surface area contributed by atoms with Crippen LogP contribution in [0.4, 0.5) is 11.4 Å². The second-order valence-electron chi connectivity index (χ2n) is 6.49. The van der Waals surface area contributed by atoms with Crippen molar-refractivity contribution in [3.63, 3.8) is 0 Å². The Kier molecular flexibility index (Phi) is 4.50. The smallest absolute Gasteiger partial charge is 0.258 e. The maximum absolute atomic E-state index is 12.7. The van der Waals surface area contributed by atoms with Crippen LogP contribution in [0.2, 0.25) is 0 Å². The van der Waals surface area contributed by atoms with Gasteiger partial charge in [0.25, 0.3) is 5.91 Å². The van der Waals surface area contributed by atoms with E-state index in [0.29, 0.717) is 30.8 Å². The summed E-state index contributed by atoms with van der Waals surface area (Å²) in [5.41, 5.74) is 2.32. The Morgan fingerprint density at radius 1 is 1.04 bits per heavy atom. The predicted molar refractivity (Wildman–Crippen MR) is 106 cm³/mol. The summed E-state index contributed by atoms with van der Waals surface area (Å²) in [6, 6.07) is 19.0. The molecule has 0 bridgehead atoms. The molecule has 0 saturated heterocycles. The van der Waals surface area contributed by atoms with Crippen molar-refractivity contribution in [1.82, 2.24) is 0 Å². The number of carbonyl (C=O) groups excluding carboxylic acids is 2. The van der Waals surface area contributed by atoms with Gasteiger partial charge in [0.2, 0.25) is 5.91 Å². The summed E-state index contributed by atoms with van der Waals surface area (Å²) in [6.45, 7) is 0.506. The maximum atomic E-state index is 12.7. The number of para-hydroxylation sites is 2. The van der Waals surface area contributed by atoms with Crippen molar-refractivity contribution in [2.45, 2.75) is 12.8 Å². The molecule has 0 saturated carbocycles. The molecule has 5 nitrogen and oxygen atoms in total. The molecule has 4 rings (SSSR count). The van der Waals surface area contributed by atoms with Crippen LogP contribution in [0.5, 0.6) is 5.75 Å². The molecule has 2 amide bonds. The third kappa shape index (κ3) is 3.12. The Labute approximate surface area is 157 Å². The average molecular weight is 360 g/mol. The number of nitrogens with one attached hydrogen (secondary N) is 1. The topological polar surface area (TPSA) is 58.6 Å². The molecule has 1 aliphatic rings. The summed E-state index contributed by atoms with van der Waals surface area (Å²) in [7, 11) is 1.57. The maximum Gasteiger partial charge on any atom is 0.258 e. The molecular formula is C22H20N2O3. The SMILES string of the molecule is COc1ccccc1NC(=O)CCCN1C(=O)c2cccc3cccc1c23. The number of ether oxygens (including phenoxy) is 1. The first-order chi connectivity index (χ1) is 13.2. The average Bonchev–Trinajstić information content (AvgIpc) is 2.96.